The molecule has 1 aromatic rings. The average Bonchev–Trinajstić information content (AvgIpc) is 3.19. The summed E-state index contributed by atoms with van der Waals surface area (Å²) in [5, 5.41) is 2.56. The minimum absolute atomic E-state index is 0.000937. The standard InChI is InChI=1S/C19H24F2N2O4/c20-13-6-7-14(15(21)12-13)18(25)22-8-3-5-17(24)23-9-2-1-4-16(23)19-26-10-11-27-19/h6-7,12,16,19H,1-5,8-11H2,(H,22,25). The van der Waals surface area contributed by atoms with E-state index in [0.29, 0.717) is 32.2 Å². The molecule has 2 saturated heterocycles. The van der Waals surface area contributed by atoms with Gasteiger partial charge in [0.2, 0.25) is 5.91 Å². The molecule has 1 N–H and O–H groups in total. The van der Waals surface area contributed by atoms with Crippen LogP contribution in [-0.2, 0) is 14.3 Å². The first kappa shape index (κ1) is 19.7. The largest absolute Gasteiger partial charge is 0.352 e. The maximum absolute atomic E-state index is 13.6. The molecule has 2 amide bonds. The maximum Gasteiger partial charge on any atom is 0.254 e. The van der Waals surface area contributed by atoms with E-state index in [9.17, 15) is 18.4 Å². The number of halogens is 2. The lowest BCUT2D eigenvalue weighted by atomic mass is 10.0. The molecular weight excluding hydrogens is 358 g/mol. The highest BCUT2D eigenvalue weighted by Crippen LogP contribution is 2.25. The van der Waals surface area contributed by atoms with Crippen LogP contribution in [0.25, 0.3) is 0 Å². The lowest BCUT2D eigenvalue weighted by molar-refractivity contribution is -0.150. The Balaban J connectivity index is 1.45. The zero-order chi connectivity index (χ0) is 19.2. The van der Waals surface area contributed by atoms with Gasteiger partial charge in [0, 0.05) is 25.6 Å². The molecule has 1 atom stereocenters. The van der Waals surface area contributed by atoms with Crippen molar-refractivity contribution in [3.8, 4) is 0 Å². The first-order valence-corrected chi connectivity index (χ1v) is 9.32. The number of hydrogen-bond acceptors (Lipinski definition) is 4. The first-order valence-electron chi connectivity index (χ1n) is 9.32. The normalized spacial score (nSPS) is 20.7. The van der Waals surface area contributed by atoms with Crippen molar-refractivity contribution in [2.45, 2.75) is 44.4 Å². The predicted molar refractivity (Wildman–Crippen MR) is 93.0 cm³/mol. The van der Waals surface area contributed by atoms with E-state index in [0.717, 1.165) is 31.4 Å². The van der Waals surface area contributed by atoms with Crippen molar-refractivity contribution in [3.63, 3.8) is 0 Å². The first-order chi connectivity index (χ1) is 13.1. The molecule has 2 heterocycles. The van der Waals surface area contributed by atoms with E-state index in [-0.39, 0.29) is 36.8 Å². The molecule has 1 aromatic carbocycles. The Bertz CT molecular complexity index is 680. The molecule has 0 aliphatic carbocycles. The molecule has 148 valence electrons. The number of amides is 2. The molecule has 27 heavy (non-hydrogen) atoms. The van der Waals surface area contributed by atoms with Gasteiger partial charge in [0.15, 0.2) is 6.29 Å². The summed E-state index contributed by atoms with van der Waals surface area (Å²) < 4.78 is 37.6. The van der Waals surface area contributed by atoms with Gasteiger partial charge < -0.3 is 19.7 Å². The molecule has 8 heteroatoms. The number of carbonyl (C=O) groups is 2. The number of piperidine rings is 1. The van der Waals surface area contributed by atoms with Crippen LogP contribution in [0.15, 0.2) is 18.2 Å². The molecule has 0 spiro atoms. The van der Waals surface area contributed by atoms with Crippen LogP contribution >= 0.6 is 0 Å². The highest BCUT2D eigenvalue weighted by molar-refractivity contribution is 5.94. The third-order valence-electron chi connectivity index (χ3n) is 4.86. The third-order valence-corrected chi connectivity index (χ3v) is 4.86. The fourth-order valence-electron chi connectivity index (χ4n) is 3.50. The molecule has 0 aromatic heterocycles. The number of carbonyl (C=O) groups excluding carboxylic acids is 2. The van der Waals surface area contributed by atoms with Crippen molar-refractivity contribution in [1.82, 2.24) is 10.2 Å². The number of hydrogen-bond donors (Lipinski definition) is 1. The molecule has 3 rings (SSSR count). The van der Waals surface area contributed by atoms with Gasteiger partial charge in [-0.2, -0.15) is 0 Å². The van der Waals surface area contributed by atoms with Crippen molar-refractivity contribution < 1.29 is 27.8 Å². The van der Waals surface area contributed by atoms with Gasteiger partial charge in [-0.15, -0.1) is 0 Å². The monoisotopic (exact) mass is 382 g/mol. The van der Waals surface area contributed by atoms with Gasteiger partial charge in [-0.05, 0) is 37.8 Å². The number of rotatable bonds is 6. The molecular formula is C19H24F2N2O4. The SMILES string of the molecule is O=C(NCCCC(=O)N1CCCCC1C1OCCO1)c1ccc(F)cc1F. The molecule has 6 nitrogen and oxygen atoms in total. The molecule has 1 unspecified atom stereocenters. The second kappa shape index (κ2) is 9.23. The summed E-state index contributed by atoms with van der Waals surface area (Å²) in [6.45, 7) is 2.01. The molecule has 2 aliphatic rings. The smallest absolute Gasteiger partial charge is 0.254 e. The molecule has 2 aliphatic heterocycles. The van der Waals surface area contributed by atoms with Gasteiger partial charge in [-0.25, -0.2) is 8.78 Å². The van der Waals surface area contributed by atoms with Gasteiger partial charge in [0.05, 0.1) is 24.8 Å². The second-order valence-electron chi connectivity index (χ2n) is 6.74. The van der Waals surface area contributed by atoms with Crippen LogP contribution in [0.4, 0.5) is 8.78 Å². The van der Waals surface area contributed by atoms with Crippen molar-refractivity contribution in [2.24, 2.45) is 0 Å². The van der Waals surface area contributed by atoms with Crippen LogP contribution in [-0.4, -0.2) is 55.3 Å². The van der Waals surface area contributed by atoms with E-state index in [4.69, 9.17) is 9.47 Å². The molecule has 2 fully saturated rings. The zero-order valence-electron chi connectivity index (χ0n) is 15.1. The number of ether oxygens (including phenoxy) is 2. The van der Waals surface area contributed by atoms with E-state index in [2.05, 4.69) is 5.32 Å². The van der Waals surface area contributed by atoms with E-state index in [1.807, 2.05) is 4.90 Å². The fourth-order valence-corrected chi connectivity index (χ4v) is 3.50. The van der Waals surface area contributed by atoms with Crippen molar-refractivity contribution >= 4 is 11.8 Å². The molecule has 0 radical (unpaired) electrons. The number of likely N-dealkylation sites (tertiary alicyclic amines) is 1. The van der Waals surface area contributed by atoms with Gasteiger partial charge in [0.1, 0.15) is 11.6 Å². The molecule has 0 saturated carbocycles. The van der Waals surface area contributed by atoms with Crippen LogP contribution < -0.4 is 5.32 Å². The van der Waals surface area contributed by atoms with E-state index in [1.54, 1.807) is 0 Å². The topological polar surface area (TPSA) is 67.9 Å². The minimum Gasteiger partial charge on any atom is -0.352 e. The highest BCUT2D eigenvalue weighted by atomic mass is 19.1. The summed E-state index contributed by atoms with van der Waals surface area (Å²) in [6, 6.07) is 2.75. The Hall–Kier alpha value is -2.06. The van der Waals surface area contributed by atoms with Crippen LogP contribution in [0.1, 0.15) is 42.5 Å². The fraction of sp³-hybridized carbons (Fsp3) is 0.579. The van der Waals surface area contributed by atoms with Gasteiger partial charge >= 0.3 is 0 Å². The summed E-state index contributed by atoms with van der Waals surface area (Å²) >= 11 is 0. The van der Waals surface area contributed by atoms with E-state index < -0.39 is 17.5 Å². The van der Waals surface area contributed by atoms with Gasteiger partial charge in [-0.3, -0.25) is 9.59 Å². The Kier molecular flexibility index (Phi) is 6.73. The number of benzene rings is 1. The third kappa shape index (κ3) is 5.01. The predicted octanol–water partition coefficient (Wildman–Crippen LogP) is 2.23. The maximum atomic E-state index is 13.6. The average molecular weight is 382 g/mol. The van der Waals surface area contributed by atoms with Crippen molar-refractivity contribution in [1.29, 1.82) is 0 Å². The summed E-state index contributed by atoms with van der Waals surface area (Å²) in [5.41, 5.74) is -0.214. The molecule has 0 bridgehead atoms. The Morgan fingerprint density at radius 3 is 2.70 bits per heavy atom. The summed E-state index contributed by atoms with van der Waals surface area (Å²) in [7, 11) is 0. The minimum atomic E-state index is -0.906. The second-order valence-corrected chi connectivity index (χ2v) is 6.74. The van der Waals surface area contributed by atoms with E-state index >= 15 is 0 Å². The summed E-state index contributed by atoms with van der Waals surface area (Å²) in [6.07, 6.45) is 3.21. The zero-order valence-corrected chi connectivity index (χ0v) is 15.1. The van der Waals surface area contributed by atoms with Crippen molar-refractivity contribution in [3.05, 3.63) is 35.4 Å². The Labute approximate surface area is 156 Å². The number of nitrogens with one attached hydrogen (secondary N) is 1. The highest BCUT2D eigenvalue weighted by Gasteiger charge is 2.35. The summed E-state index contributed by atoms with van der Waals surface area (Å²) in [4.78, 5) is 26.3. The van der Waals surface area contributed by atoms with Gasteiger partial charge in [0.25, 0.3) is 5.91 Å². The summed E-state index contributed by atoms with van der Waals surface area (Å²) in [5.74, 6) is -2.26. The van der Waals surface area contributed by atoms with Crippen molar-refractivity contribution in [2.75, 3.05) is 26.3 Å². The van der Waals surface area contributed by atoms with Crippen LogP contribution in [0.3, 0.4) is 0 Å². The Morgan fingerprint density at radius 1 is 1.19 bits per heavy atom. The van der Waals surface area contributed by atoms with Crippen LogP contribution in [0.2, 0.25) is 0 Å². The number of nitrogens with zero attached hydrogens (tertiary/aromatic N) is 1. The Morgan fingerprint density at radius 2 is 1.96 bits per heavy atom. The van der Waals surface area contributed by atoms with Crippen LogP contribution in [0.5, 0.6) is 0 Å². The quantitative estimate of drug-likeness (QED) is 0.767. The van der Waals surface area contributed by atoms with Gasteiger partial charge in [-0.1, -0.05) is 0 Å². The lowest BCUT2D eigenvalue weighted by Crippen LogP contribution is -2.50. The lowest BCUT2D eigenvalue weighted by Gasteiger charge is -2.38. The van der Waals surface area contributed by atoms with E-state index in [1.165, 1.54) is 0 Å². The van der Waals surface area contributed by atoms with Crippen LogP contribution in [0, 0.1) is 11.6 Å².